The van der Waals surface area contributed by atoms with Gasteiger partial charge in [-0.1, -0.05) is 42.0 Å². The lowest BCUT2D eigenvalue weighted by Crippen LogP contribution is -2.30. The molecule has 0 aromatic heterocycles. The Kier molecular flexibility index (Phi) is 3.31. The molecule has 1 aromatic carbocycles. The highest BCUT2D eigenvalue weighted by molar-refractivity contribution is 6.71. The van der Waals surface area contributed by atoms with Gasteiger partial charge in [0.15, 0.2) is 8.32 Å². The molecule has 0 fully saturated rings. The predicted molar refractivity (Wildman–Crippen MR) is 71.1 cm³/mol. The molecular formula is C14H20OSi. The minimum absolute atomic E-state index is 0.265. The Hall–Kier alpha value is -0.863. The van der Waals surface area contributed by atoms with Crippen LogP contribution in [0.5, 0.6) is 0 Å². The summed E-state index contributed by atoms with van der Waals surface area (Å²) in [4.78, 5) is 0. The van der Waals surface area contributed by atoms with Crippen LogP contribution >= 0.6 is 0 Å². The average Bonchev–Trinajstić information content (AvgIpc) is 2.40. The van der Waals surface area contributed by atoms with Gasteiger partial charge < -0.3 is 4.43 Å². The van der Waals surface area contributed by atoms with Gasteiger partial charge in [0, 0.05) is 0 Å². The Morgan fingerprint density at radius 3 is 2.50 bits per heavy atom. The van der Waals surface area contributed by atoms with Crippen LogP contribution < -0.4 is 0 Å². The van der Waals surface area contributed by atoms with Crippen molar-refractivity contribution < 1.29 is 4.43 Å². The summed E-state index contributed by atoms with van der Waals surface area (Å²) >= 11 is 0. The first-order chi connectivity index (χ1) is 7.57. The standard InChI is InChI=1S/C14H20OSi/c1-12-7-9-13(10-8-12)14-6-4-5-11-16(2,3)15-14/h4-5,7-10,14H,6,11H2,1-3H3. The van der Waals surface area contributed by atoms with Crippen molar-refractivity contribution in [3.63, 3.8) is 0 Å². The lowest BCUT2D eigenvalue weighted by molar-refractivity contribution is 0.202. The number of hydrogen-bond acceptors (Lipinski definition) is 1. The summed E-state index contributed by atoms with van der Waals surface area (Å²) in [7, 11) is -1.49. The molecule has 1 aliphatic heterocycles. The molecule has 1 heterocycles. The molecule has 0 spiro atoms. The van der Waals surface area contributed by atoms with E-state index in [2.05, 4.69) is 56.4 Å². The smallest absolute Gasteiger partial charge is 0.191 e. The molecule has 1 unspecified atom stereocenters. The van der Waals surface area contributed by atoms with Crippen LogP contribution in [0, 0.1) is 6.92 Å². The lowest BCUT2D eigenvalue weighted by atomic mass is 10.1. The molecule has 0 aliphatic carbocycles. The van der Waals surface area contributed by atoms with E-state index in [1.54, 1.807) is 0 Å². The first-order valence-electron chi connectivity index (χ1n) is 5.96. The zero-order chi connectivity index (χ0) is 11.6. The molecule has 0 radical (unpaired) electrons. The summed E-state index contributed by atoms with van der Waals surface area (Å²) in [5.41, 5.74) is 2.63. The van der Waals surface area contributed by atoms with Crippen molar-refractivity contribution in [2.45, 2.75) is 38.6 Å². The molecule has 0 bridgehead atoms. The number of aryl methyl sites for hydroxylation is 1. The van der Waals surface area contributed by atoms with E-state index < -0.39 is 8.32 Å². The Morgan fingerprint density at radius 1 is 1.12 bits per heavy atom. The third kappa shape index (κ3) is 2.83. The third-order valence-electron chi connectivity index (χ3n) is 3.04. The maximum atomic E-state index is 6.30. The second-order valence-electron chi connectivity index (χ2n) is 5.19. The van der Waals surface area contributed by atoms with Gasteiger partial charge in [-0.25, -0.2) is 0 Å². The molecule has 86 valence electrons. The van der Waals surface area contributed by atoms with Crippen LogP contribution in [-0.4, -0.2) is 8.32 Å². The van der Waals surface area contributed by atoms with Gasteiger partial charge >= 0.3 is 0 Å². The molecule has 1 aliphatic rings. The Labute approximate surface area is 99.3 Å². The van der Waals surface area contributed by atoms with Crippen molar-refractivity contribution >= 4 is 8.32 Å². The van der Waals surface area contributed by atoms with Crippen LogP contribution in [0.2, 0.25) is 19.1 Å². The van der Waals surface area contributed by atoms with Gasteiger partial charge in [-0.2, -0.15) is 0 Å². The SMILES string of the molecule is Cc1ccc(C2CC=CC[Si](C)(C)O2)cc1. The molecule has 0 N–H and O–H groups in total. The highest BCUT2D eigenvalue weighted by Crippen LogP contribution is 2.30. The third-order valence-corrected chi connectivity index (χ3v) is 5.18. The molecule has 1 aromatic rings. The van der Waals surface area contributed by atoms with Crippen LogP contribution in [-0.2, 0) is 4.43 Å². The van der Waals surface area contributed by atoms with E-state index in [1.807, 2.05) is 0 Å². The van der Waals surface area contributed by atoms with Crippen LogP contribution in [0.4, 0.5) is 0 Å². The predicted octanol–water partition coefficient (Wildman–Crippen LogP) is 4.22. The summed E-state index contributed by atoms with van der Waals surface area (Å²) in [5, 5.41) is 0. The van der Waals surface area contributed by atoms with E-state index in [0.29, 0.717) is 0 Å². The van der Waals surface area contributed by atoms with Gasteiger partial charge in [0.25, 0.3) is 0 Å². The molecule has 2 rings (SSSR count). The monoisotopic (exact) mass is 232 g/mol. The van der Waals surface area contributed by atoms with E-state index in [1.165, 1.54) is 11.1 Å². The summed E-state index contributed by atoms with van der Waals surface area (Å²) in [5.74, 6) is 0. The van der Waals surface area contributed by atoms with Crippen molar-refractivity contribution in [2.24, 2.45) is 0 Å². The maximum Gasteiger partial charge on any atom is 0.191 e. The van der Waals surface area contributed by atoms with Crippen molar-refractivity contribution in [1.82, 2.24) is 0 Å². The molecule has 0 amide bonds. The maximum absolute atomic E-state index is 6.30. The van der Waals surface area contributed by atoms with E-state index in [9.17, 15) is 0 Å². The largest absolute Gasteiger partial charge is 0.410 e. The number of benzene rings is 1. The van der Waals surface area contributed by atoms with Crippen LogP contribution in [0.3, 0.4) is 0 Å². The van der Waals surface area contributed by atoms with Crippen LogP contribution in [0.15, 0.2) is 36.4 Å². The van der Waals surface area contributed by atoms with Crippen molar-refractivity contribution in [2.75, 3.05) is 0 Å². The second kappa shape index (κ2) is 4.56. The summed E-state index contributed by atoms with van der Waals surface area (Å²) in [6.45, 7) is 6.71. The van der Waals surface area contributed by atoms with Crippen LogP contribution in [0.1, 0.15) is 23.7 Å². The van der Waals surface area contributed by atoms with Gasteiger partial charge in [-0.15, -0.1) is 0 Å². The Morgan fingerprint density at radius 2 is 1.81 bits per heavy atom. The highest BCUT2D eigenvalue weighted by atomic mass is 28.4. The second-order valence-corrected chi connectivity index (χ2v) is 9.35. The first kappa shape index (κ1) is 11.6. The fourth-order valence-electron chi connectivity index (χ4n) is 2.05. The van der Waals surface area contributed by atoms with Gasteiger partial charge in [-0.3, -0.25) is 0 Å². The van der Waals surface area contributed by atoms with E-state index in [0.717, 1.165) is 12.5 Å². The van der Waals surface area contributed by atoms with Gasteiger partial charge in [0.1, 0.15) is 0 Å². The number of allylic oxidation sites excluding steroid dienone is 1. The van der Waals surface area contributed by atoms with E-state index in [-0.39, 0.29) is 6.10 Å². The molecule has 1 atom stereocenters. The van der Waals surface area contributed by atoms with Gasteiger partial charge in [0.05, 0.1) is 6.10 Å². The normalized spacial score (nSPS) is 24.1. The van der Waals surface area contributed by atoms with E-state index in [4.69, 9.17) is 4.43 Å². The van der Waals surface area contributed by atoms with Crippen molar-refractivity contribution in [3.05, 3.63) is 47.5 Å². The highest BCUT2D eigenvalue weighted by Gasteiger charge is 2.27. The zero-order valence-corrected chi connectivity index (χ0v) is 11.4. The molecule has 16 heavy (non-hydrogen) atoms. The average molecular weight is 232 g/mol. The molecule has 1 nitrogen and oxygen atoms in total. The molecule has 0 saturated heterocycles. The van der Waals surface area contributed by atoms with Gasteiger partial charge in [-0.05, 0) is 38.0 Å². The summed E-state index contributed by atoms with van der Waals surface area (Å²) in [6, 6.07) is 9.87. The fourth-order valence-corrected chi connectivity index (χ4v) is 3.89. The number of rotatable bonds is 1. The van der Waals surface area contributed by atoms with Gasteiger partial charge in [0.2, 0.25) is 0 Å². The summed E-state index contributed by atoms with van der Waals surface area (Å²) < 4.78 is 6.30. The molecule has 0 saturated carbocycles. The Balaban J connectivity index is 2.20. The topological polar surface area (TPSA) is 9.23 Å². The van der Waals surface area contributed by atoms with Crippen molar-refractivity contribution in [1.29, 1.82) is 0 Å². The lowest BCUT2D eigenvalue weighted by Gasteiger charge is -2.26. The minimum Gasteiger partial charge on any atom is -0.410 e. The summed E-state index contributed by atoms with van der Waals surface area (Å²) in [6.07, 6.45) is 5.84. The molecule has 2 heteroatoms. The molecular weight excluding hydrogens is 212 g/mol. The van der Waals surface area contributed by atoms with E-state index >= 15 is 0 Å². The van der Waals surface area contributed by atoms with Crippen LogP contribution in [0.25, 0.3) is 0 Å². The zero-order valence-electron chi connectivity index (χ0n) is 10.4. The Bertz CT molecular complexity index is 378. The quantitative estimate of drug-likeness (QED) is 0.520. The number of hydrogen-bond donors (Lipinski definition) is 0. The minimum atomic E-state index is -1.49. The van der Waals surface area contributed by atoms with Crippen molar-refractivity contribution in [3.8, 4) is 0 Å². The first-order valence-corrected chi connectivity index (χ1v) is 9.08. The fraction of sp³-hybridized carbons (Fsp3) is 0.429.